The Bertz CT molecular complexity index is 842. The van der Waals surface area contributed by atoms with Crippen LogP contribution in [0.3, 0.4) is 0 Å². The van der Waals surface area contributed by atoms with E-state index in [9.17, 15) is 14.0 Å². The van der Waals surface area contributed by atoms with Crippen molar-refractivity contribution in [3.05, 3.63) is 71.8 Å². The highest BCUT2D eigenvalue weighted by Crippen LogP contribution is 2.21. The van der Waals surface area contributed by atoms with E-state index in [0.29, 0.717) is 18.7 Å². The summed E-state index contributed by atoms with van der Waals surface area (Å²) >= 11 is 5.80. The summed E-state index contributed by atoms with van der Waals surface area (Å²) in [5.41, 5.74) is 0.917. The fourth-order valence-corrected chi connectivity index (χ4v) is 3.56. The maximum atomic E-state index is 14.1. The van der Waals surface area contributed by atoms with Gasteiger partial charge in [-0.05, 0) is 38.7 Å². The summed E-state index contributed by atoms with van der Waals surface area (Å²) in [6.45, 7) is 9.92. The van der Waals surface area contributed by atoms with E-state index in [1.165, 1.54) is 12.3 Å². The van der Waals surface area contributed by atoms with Gasteiger partial charge in [0.05, 0.1) is 5.02 Å². The lowest BCUT2D eigenvalue weighted by Crippen LogP contribution is -2.48. The van der Waals surface area contributed by atoms with Crippen molar-refractivity contribution in [1.29, 1.82) is 0 Å². The molecule has 2 N–H and O–H groups in total. The second kappa shape index (κ2) is 10.9. The lowest BCUT2D eigenvalue weighted by molar-refractivity contribution is -0.138. The molecule has 0 aromatic heterocycles. The highest BCUT2D eigenvalue weighted by atomic mass is 35.5. The molecule has 0 aliphatic carbocycles. The highest BCUT2D eigenvalue weighted by Gasteiger charge is 2.39. The lowest BCUT2D eigenvalue weighted by Gasteiger charge is -2.27. The van der Waals surface area contributed by atoms with Gasteiger partial charge in [-0.1, -0.05) is 43.0 Å². The molecule has 1 aromatic carbocycles. The molecule has 1 heterocycles. The predicted molar refractivity (Wildman–Crippen MR) is 117 cm³/mol. The van der Waals surface area contributed by atoms with Gasteiger partial charge in [-0.15, -0.1) is 0 Å². The molecule has 0 radical (unpaired) electrons. The summed E-state index contributed by atoms with van der Waals surface area (Å²) in [5, 5.41) is 5.85. The van der Waals surface area contributed by atoms with E-state index in [4.69, 9.17) is 11.6 Å². The minimum Gasteiger partial charge on any atom is -0.350 e. The van der Waals surface area contributed by atoms with E-state index in [1.54, 1.807) is 35.1 Å². The van der Waals surface area contributed by atoms with Crippen molar-refractivity contribution in [2.24, 2.45) is 0 Å². The molecule has 0 spiro atoms. The molecule has 1 aliphatic heterocycles. The number of allylic oxidation sites excluding steroid dienone is 2. The van der Waals surface area contributed by atoms with Crippen LogP contribution in [0.5, 0.6) is 0 Å². The number of amides is 2. The Balaban J connectivity index is 2.09. The second-order valence-electron chi connectivity index (χ2n) is 7.02. The van der Waals surface area contributed by atoms with E-state index >= 15 is 0 Å². The zero-order chi connectivity index (χ0) is 22.3. The minimum atomic E-state index is -0.654. The van der Waals surface area contributed by atoms with E-state index in [-0.39, 0.29) is 41.5 Å². The summed E-state index contributed by atoms with van der Waals surface area (Å²) in [7, 11) is 1.79. The van der Waals surface area contributed by atoms with E-state index in [0.717, 1.165) is 0 Å². The number of likely N-dealkylation sites (tertiary alicyclic amines) is 1. The van der Waals surface area contributed by atoms with Crippen molar-refractivity contribution in [1.82, 2.24) is 20.4 Å². The number of rotatable bonds is 9. The van der Waals surface area contributed by atoms with Crippen molar-refractivity contribution >= 4 is 23.4 Å². The van der Waals surface area contributed by atoms with Crippen LogP contribution in [0.4, 0.5) is 4.39 Å². The SMILES string of the molecule is C=CN(CC(=O)N1CC(NC)CC1C(=O)NCc1cccc(Cl)c1F)C(=C)C=CC. The molecule has 6 nitrogen and oxygen atoms in total. The molecule has 2 amide bonds. The van der Waals surface area contributed by atoms with Crippen LogP contribution in [-0.2, 0) is 16.1 Å². The van der Waals surface area contributed by atoms with Crippen molar-refractivity contribution in [2.75, 3.05) is 20.1 Å². The van der Waals surface area contributed by atoms with Gasteiger partial charge in [0.25, 0.3) is 0 Å². The third-order valence-electron chi connectivity index (χ3n) is 5.07. The number of benzene rings is 1. The van der Waals surface area contributed by atoms with Gasteiger partial charge in [-0.25, -0.2) is 4.39 Å². The second-order valence-corrected chi connectivity index (χ2v) is 7.42. The lowest BCUT2D eigenvalue weighted by atomic mass is 10.1. The Hall–Kier alpha value is -2.64. The molecular formula is C22H28ClFN4O2. The van der Waals surface area contributed by atoms with Crippen LogP contribution in [0.25, 0.3) is 0 Å². The Morgan fingerprint density at radius 2 is 2.17 bits per heavy atom. The first-order chi connectivity index (χ1) is 14.3. The molecule has 2 atom stereocenters. The first-order valence-corrected chi connectivity index (χ1v) is 10.1. The van der Waals surface area contributed by atoms with Gasteiger partial charge in [0.15, 0.2) is 0 Å². The zero-order valence-electron chi connectivity index (χ0n) is 17.3. The summed E-state index contributed by atoms with van der Waals surface area (Å²) in [6.07, 6.45) is 5.60. The molecule has 162 valence electrons. The van der Waals surface area contributed by atoms with Gasteiger partial charge < -0.3 is 20.4 Å². The molecule has 2 unspecified atom stereocenters. The van der Waals surface area contributed by atoms with Gasteiger partial charge in [-0.2, -0.15) is 0 Å². The molecule has 30 heavy (non-hydrogen) atoms. The minimum absolute atomic E-state index is 0.000501. The van der Waals surface area contributed by atoms with Gasteiger partial charge in [0.1, 0.15) is 18.4 Å². The number of halogens is 2. The fraction of sp³-hybridized carbons (Fsp3) is 0.364. The Morgan fingerprint density at radius 3 is 2.80 bits per heavy atom. The molecule has 1 aromatic rings. The van der Waals surface area contributed by atoms with Gasteiger partial charge >= 0.3 is 0 Å². The number of nitrogens with one attached hydrogen (secondary N) is 2. The normalized spacial score (nSPS) is 18.5. The monoisotopic (exact) mass is 434 g/mol. The van der Waals surface area contributed by atoms with Crippen LogP contribution in [0.15, 0.2) is 55.4 Å². The third-order valence-corrected chi connectivity index (χ3v) is 5.36. The first-order valence-electron chi connectivity index (χ1n) is 9.70. The number of carbonyl (C=O) groups is 2. The number of hydrogen-bond acceptors (Lipinski definition) is 4. The van der Waals surface area contributed by atoms with Crippen molar-refractivity contribution in [3.8, 4) is 0 Å². The van der Waals surface area contributed by atoms with Crippen molar-refractivity contribution in [2.45, 2.75) is 32.0 Å². The zero-order valence-corrected chi connectivity index (χ0v) is 18.1. The predicted octanol–water partition coefficient (Wildman–Crippen LogP) is 2.82. The van der Waals surface area contributed by atoms with E-state index < -0.39 is 11.9 Å². The topological polar surface area (TPSA) is 64.7 Å². The third kappa shape index (κ3) is 5.70. The maximum Gasteiger partial charge on any atom is 0.243 e. The molecule has 2 rings (SSSR count). The highest BCUT2D eigenvalue weighted by molar-refractivity contribution is 6.30. The Kier molecular flexibility index (Phi) is 8.62. The van der Waals surface area contributed by atoms with Gasteiger partial charge in [0, 0.05) is 30.4 Å². The summed E-state index contributed by atoms with van der Waals surface area (Å²) in [5.74, 6) is -1.11. The molecule has 1 aliphatic rings. The average Bonchev–Trinajstić information content (AvgIpc) is 3.17. The van der Waals surface area contributed by atoms with Crippen LogP contribution in [0.1, 0.15) is 18.9 Å². The van der Waals surface area contributed by atoms with Gasteiger partial charge in [0.2, 0.25) is 11.8 Å². The van der Waals surface area contributed by atoms with Crippen molar-refractivity contribution < 1.29 is 14.0 Å². The fourth-order valence-electron chi connectivity index (χ4n) is 3.36. The van der Waals surface area contributed by atoms with Crippen molar-refractivity contribution in [3.63, 3.8) is 0 Å². The van der Waals surface area contributed by atoms with E-state index in [1.807, 2.05) is 13.0 Å². The van der Waals surface area contributed by atoms with E-state index in [2.05, 4.69) is 23.8 Å². The first kappa shape index (κ1) is 23.6. The Labute approximate surface area is 182 Å². The standard InChI is InChI=1S/C22H28ClFN4O2/c1-5-8-15(3)27(6-2)14-20(29)28-13-17(25-4)11-19(28)22(30)26-12-16-9-7-10-18(23)21(16)24/h5-10,17,19,25H,2-3,11-14H2,1,4H3,(H,26,30). The van der Waals surface area contributed by atoms with Crippen LogP contribution < -0.4 is 10.6 Å². The molecule has 1 fully saturated rings. The summed E-state index contributed by atoms with van der Waals surface area (Å²) < 4.78 is 14.1. The largest absolute Gasteiger partial charge is 0.350 e. The Morgan fingerprint density at radius 1 is 1.43 bits per heavy atom. The van der Waals surface area contributed by atoms with Crippen LogP contribution >= 0.6 is 11.6 Å². The summed E-state index contributed by atoms with van der Waals surface area (Å²) in [6, 6.07) is 3.97. The van der Waals surface area contributed by atoms with Crippen LogP contribution in [0, 0.1) is 5.82 Å². The number of hydrogen-bond donors (Lipinski definition) is 2. The molecule has 8 heteroatoms. The molecular weight excluding hydrogens is 407 g/mol. The molecule has 0 saturated carbocycles. The summed E-state index contributed by atoms with van der Waals surface area (Å²) in [4.78, 5) is 29.0. The number of carbonyl (C=O) groups excluding carboxylic acids is 2. The molecule has 1 saturated heterocycles. The average molecular weight is 435 g/mol. The molecule has 0 bridgehead atoms. The number of likely N-dealkylation sites (N-methyl/N-ethyl adjacent to an activating group) is 1. The van der Waals surface area contributed by atoms with Crippen LogP contribution in [-0.4, -0.2) is 53.8 Å². The number of nitrogens with zero attached hydrogens (tertiary/aromatic N) is 2. The maximum absolute atomic E-state index is 14.1. The quantitative estimate of drug-likeness (QED) is 0.586. The smallest absolute Gasteiger partial charge is 0.243 e. The van der Waals surface area contributed by atoms with Crippen LogP contribution in [0.2, 0.25) is 5.02 Å². The van der Waals surface area contributed by atoms with Gasteiger partial charge in [-0.3, -0.25) is 9.59 Å².